The van der Waals surface area contributed by atoms with E-state index in [0.717, 1.165) is 5.56 Å². The van der Waals surface area contributed by atoms with Crippen molar-refractivity contribution in [1.82, 2.24) is 19.3 Å². The Kier molecular flexibility index (Phi) is 8.77. The molecule has 228 valence electrons. The van der Waals surface area contributed by atoms with Crippen LogP contribution >= 0.6 is 0 Å². The monoisotopic (exact) mass is 620 g/mol. The van der Waals surface area contributed by atoms with Gasteiger partial charge in [-0.05, 0) is 57.5 Å². The van der Waals surface area contributed by atoms with Crippen molar-refractivity contribution in [2.75, 3.05) is 39.9 Å². The van der Waals surface area contributed by atoms with Gasteiger partial charge in [-0.15, -0.1) is 0 Å². The van der Waals surface area contributed by atoms with Gasteiger partial charge >= 0.3 is 0 Å². The number of benzene rings is 2. The maximum Gasteiger partial charge on any atom is 0.248 e. The van der Waals surface area contributed by atoms with Gasteiger partial charge in [-0.3, -0.25) is 4.98 Å². The van der Waals surface area contributed by atoms with Gasteiger partial charge in [0, 0.05) is 37.1 Å². The number of nitrogens with zero attached hydrogens (tertiary/aromatic N) is 2. The Bertz CT molecular complexity index is 1660. The van der Waals surface area contributed by atoms with Crippen LogP contribution in [0, 0.1) is 6.92 Å². The van der Waals surface area contributed by atoms with Crippen LogP contribution in [0.1, 0.15) is 24.8 Å². The number of hydrogen-bond acceptors (Lipinski definition) is 10. The fourth-order valence-corrected chi connectivity index (χ4v) is 7.71. The van der Waals surface area contributed by atoms with Crippen LogP contribution in [0.25, 0.3) is 10.9 Å². The molecule has 2 aliphatic heterocycles. The normalized spacial score (nSPS) is 20.2. The molecule has 3 heterocycles. The van der Waals surface area contributed by atoms with Crippen LogP contribution in [0.2, 0.25) is 0 Å². The number of rotatable bonds is 10. The lowest BCUT2D eigenvalue weighted by Crippen LogP contribution is -2.47. The second-order valence-electron chi connectivity index (χ2n) is 10.8. The molecule has 0 radical (unpaired) electrons. The lowest BCUT2D eigenvalue weighted by Gasteiger charge is -2.38. The number of pyridine rings is 1. The van der Waals surface area contributed by atoms with Crippen LogP contribution in [0.3, 0.4) is 0 Å². The molecule has 4 N–H and O–H groups in total. The molecule has 12 nitrogen and oxygen atoms in total. The number of aryl methyl sites for hydroxylation is 1. The first-order chi connectivity index (χ1) is 19.9. The van der Waals surface area contributed by atoms with E-state index in [-0.39, 0.29) is 47.8 Å². The van der Waals surface area contributed by atoms with E-state index in [1.54, 1.807) is 24.3 Å². The predicted octanol–water partition coefficient (Wildman–Crippen LogP) is 1.50. The first-order valence-electron chi connectivity index (χ1n) is 13.7. The third-order valence-electron chi connectivity index (χ3n) is 7.89. The second-order valence-corrected chi connectivity index (χ2v) is 14.6. The van der Waals surface area contributed by atoms with Gasteiger partial charge in [-0.2, -0.15) is 4.31 Å². The Labute approximate surface area is 245 Å². The van der Waals surface area contributed by atoms with Gasteiger partial charge in [-0.1, -0.05) is 17.7 Å². The van der Waals surface area contributed by atoms with Crippen molar-refractivity contribution in [2.24, 2.45) is 0 Å². The molecule has 5 rings (SSSR count). The van der Waals surface area contributed by atoms with Gasteiger partial charge in [0.2, 0.25) is 20.0 Å². The third kappa shape index (κ3) is 6.39. The van der Waals surface area contributed by atoms with Crippen molar-refractivity contribution in [3.63, 3.8) is 0 Å². The van der Waals surface area contributed by atoms with E-state index in [1.807, 2.05) is 13.0 Å². The number of nitrogens with one attached hydrogen (secondary N) is 2. The molecule has 0 bridgehead atoms. The lowest BCUT2D eigenvalue weighted by molar-refractivity contribution is -0.0312. The highest BCUT2D eigenvalue weighted by molar-refractivity contribution is 7.89. The number of aliphatic hydroxyl groups excluding tert-OH is 1. The maximum absolute atomic E-state index is 13.4. The molecule has 1 unspecified atom stereocenters. The Morgan fingerprint density at radius 3 is 2.67 bits per heavy atom. The summed E-state index contributed by atoms with van der Waals surface area (Å²) in [5, 5.41) is 24.9. The predicted molar refractivity (Wildman–Crippen MR) is 155 cm³/mol. The molecular formula is C28H36N4O8S2. The first kappa shape index (κ1) is 30.6. The maximum atomic E-state index is 13.4. The van der Waals surface area contributed by atoms with Gasteiger partial charge in [0.15, 0.2) is 0 Å². The molecule has 42 heavy (non-hydrogen) atoms. The highest BCUT2D eigenvalue weighted by Crippen LogP contribution is 2.39. The summed E-state index contributed by atoms with van der Waals surface area (Å²) in [6.45, 7) is 3.01. The fraction of sp³-hybridized carbons (Fsp3) is 0.464. The average Bonchev–Trinajstić information content (AvgIpc) is 3.37. The molecule has 2 aliphatic rings. The summed E-state index contributed by atoms with van der Waals surface area (Å²) in [7, 11) is -6.22. The molecule has 1 spiro atoms. The molecule has 2 fully saturated rings. The van der Waals surface area contributed by atoms with Crippen LogP contribution < -0.4 is 14.8 Å². The molecule has 0 amide bonds. The molecule has 0 saturated carbocycles. The summed E-state index contributed by atoms with van der Waals surface area (Å²) in [4.78, 5) is 4.13. The minimum absolute atomic E-state index is 0.0242. The molecule has 0 aliphatic carbocycles. The van der Waals surface area contributed by atoms with Crippen LogP contribution in [0.4, 0.5) is 0 Å². The molecule has 2 aromatic carbocycles. The number of fused-ring (bicyclic) bond motifs is 1. The summed E-state index contributed by atoms with van der Waals surface area (Å²) in [6.07, 6.45) is 2.05. The van der Waals surface area contributed by atoms with Crippen molar-refractivity contribution in [2.45, 2.75) is 53.7 Å². The number of ether oxygens (including phenoxy) is 2. The Balaban J connectivity index is 1.12. The van der Waals surface area contributed by atoms with Crippen LogP contribution in [0.15, 0.2) is 58.5 Å². The Hall–Kier alpha value is -2.85. The molecule has 2 saturated heterocycles. The summed E-state index contributed by atoms with van der Waals surface area (Å²) in [6, 6.07) is 11.3. The van der Waals surface area contributed by atoms with E-state index < -0.39 is 31.8 Å². The zero-order valence-corrected chi connectivity index (χ0v) is 25.1. The highest BCUT2D eigenvalue weighted by atomic mass is 32.2. The van der Waals surface area contributed by atoms with Crippen molar-refractivity contribution >= 4 is 30.9 Å². The van der Waals surface area contributed by atoms with Crippen molar-refractivity contribution in [3.05, 3.63) is 54.2 Å². The van der Waals surface area contributed by atoms with Crippen LogP contribution in [-0.2, 0) is 24.8 Å². The minimum Gasteiger partial charge on any atom is -0.506 e. The Morgan fingerprint density at radius 2 is 1.93 bits per heavy atom. The highest BCUT2D eigenvalue weighted by Gasteiger charge is 2.45. The summed E-state index contributed by atoms with van der Waals surface area (Å²) < 4.78 is 66.2. The zero-order valence-electron chi connectivity index (χ0n) is 23.5. The Morgan fingerprint density at radius 1 is 1.17 bits per heavy atom. The number of aliphatic hydroxyl groups is 1. The van der Waals surface area contributed by atoms with Gasteiger partial charge in [0.1, 0.15) is 29.1 Å². The molecule has 14 heteroatoms. The number of aromatic hydroxyl groups is 1. The quantitative estimate of drug-likeness (QED) is 0.261. The number of hydrogen-bond donors (Lipinski definition) is 4. The number of aromatic nitrogens is 1. The smallest absolute Gasteiger partial charge is 0.248 e. The zero-order chi connectivity index (χ0) is 30.1. The molecule has 3 aromatic rings. The summed E-state index contributed by atoms with van der Waals surface area (Å²) in [5.41, 5.74) is 0.951. The topological polar surface area (TPSA) is 167 Å². The first-order valence-corrected chi connectivity index (χ1v) is 16.7. The number of sulfonamides is 2. The second kappa shape index (κ2) is 12.0. The van der Waals surface area contributed by atoms with Crippen molar-refractivity contribution in [1.29, 1.82) is 0 Å². The van der Waals surface area contributed by atoms with E-state index in [4.69, 9.17) is 9.47 Å². The van der Waals surface area contributed by atoms with Crippen molar-refractivity contribution < 1.29 is 36.5 Å². The van der Waals surface area contributed by atoms with Crippen LogP contribution in [0.5, 0.6) is 11.5 Å². The summed E-state index contributed by atoms with van der Waals surface area (Å²) in [5.74, 6) is 0.0433. The number of piperidine rings is 1. The lowest BCUT2D eigenvalue weighted by atomic mass is 9.88. The van der Waals surface area contributed by atoms with E-state index in [9.17, 15) is 27.0 Å². The van der Waals surface area contributed by atoms with Crippen molar-refractivity contribution in [3.8, 4) is 11.5 Å². The average molecular weight is 621 g/mol. The standard InChI is InChI=1S/C28H36N4O8S2/c1-19-6-7-25-24(12-19)27(34)26(16-31-25)42(37,38)32-10-8-28(9-11-32)14-20(17-40-28)30-15-21(33)18-39-22-4-3-5-23(13-22)41(35,36)29-2/h3-7,12-13,16,20-21,29-30,33H,8-11,14-15,17-18H2,1-2H3,(H,31,34)/t20-,21?/m1/s1. The molecular weight excluding hydrogens is 584 g/mol. The van der Waals surface area contributed by atoms with E-state index >= 15 is 0 Å². The third-order valence-corrected chi connectivity index (χ3v) is 11.2. The van der Waals surface area contributed by atoms with E-state index in [2.05, 4.69) is 15.0 Å². The van der Waals surface area contributed by atoms with Gasteiger partial charge < -0.3 is 25.0 Å². The largest absolute Gasteiger partial charge is 0.506 e. The van der Waals surface area contributed by atoms with E-state index in [1.165, 1.54) is 29.7 Å². The minimum atomic E-state index is -3.95. The summed E-state index contributed by atoms with van der Waals surface area (Å²) >= 11 is 0. The fourth-order valence-electron chi connectivity index (χ4n) is 5.46. The molecule has 1 aromatic heterocycles. The van der Waals surface area contributed by atoms with E-state index in [0.29, 0.717) is 42.5 Å². The SMILES string of the molecule is CNS(=O)(=O)c1cccc(OCC(O)CN[C@H]2COC3(CCN(S(=O)(=O)c4cnc5ccc(C)cc5c4O)CC3)C2)c1. The van der Waals surface area contributed by atoms with Gasteiger partial charge in [0.25, 0.3) is 0 Å². The molecule has 2 atom stereocenters. The van der Waals surface area contributed by atoms with Gasteiger partial charge in [-0.25, -0.2) is 21.6 Å². The van der Waals surface area contributed by atoms with Gasteiger partial charge in [0.05, 0.1) is 28.8 Å². The van der Waals surface area contributed by atoms with Crippen LogP contribution in [-0.4, -0.2) is 94.0 Å².